The summed E-state index contributed by atoms with van der Waals surface area (Å²) >= 11 is 1.24. The summed E-state index contributed by atoms with van der Waals surface area (Å²) in [5, 5.41) is 3.22. The van der Waals surface area contributed by atoms with Crippen molar-refractivity contribution in [1.82, 2.24) is 14.9 Å². The van der Waals surface area contributed by atoms with E-state index in [4.69, 9.17) is 9.72 Å². The summed E-state index contributed by atoms with van der Waals surface area (Å²) in [6.07, 6.45) is 0.828. The van der Waals surface area contributed by atoms with Gasteiger partial charge in [0.15, 0.2) is 10.9 Å². The van der Waals surface area contributed by atoms with Gasteiger partial charge in [0.25, 0.3) is 11.5 Å². The van der Waals surface area contributed by atoms with Gasteiger partial charge in [-0.05, 0) is 62.6 Å². The van der Waals surface area contributed by atoms with Crippen molar-refractivity contribution in [3.05, 3.63) is 69.0 Å². The fourth-order valence-electron chi connectivity index (χ4n) is 3.49. The summed E-state index contributed by atoms with van der Waals surface area (Å²) in [6.45, 7) is 8.99. The highest BCUT2D eigenvalue weighted by Gasteiger charge is 2.21. The van der Waals surface area contributed by atoms with Crippen LogP contribution in [0.25, 0.3) is 10.9 Å². The van der Waals surface area contributed by atoms with Gasteiger partial charge in [-0.25, -0.2) is 4.98 Å². The third kappa shape index (κ3) is 5.74. The van der Waals surface area contributed by atoms with Crippen LogP contribution < -0.4 is 10.9 Å². The number of Topliss-reactive ketones (excluding diaryl/α,β-unsaturated/α-hetero) is 1. The number of rotatable bonds is 10. The first-order chi connectivity index (χ1) is 16.3. The smallest absolute Gasteiger partial charge is 0.262 e. The van der Waals surface area contributed by atoms with E-state index in [1.165, 1.54) is 16.3 Å². The van der Waals surface area contributed by atoms with Crippen LogP contribution in [-0.2, 0) is 11.3 Å². The van der Waals surface area contributed by atoms with Crippen molar-refractivity contribution < 1.29 is 14.3 Å². The largest absolute Gasteiger partial charge is 0.383 e. The van der Waals surface area contributed by atoms with Crippen LogP contribution in [0.1, 0.15) is 52.1 Å². The maximum absolute atomic E-state index is 13.3. The number of amides is 1. The molecule has 1 heterocycles. The van der Waals surface area contributed by atoms with Crippen LogP contribution in [0.2, 0.25) is 0 Å². The Morgan fingerprint density at radius 2 is 1.85 bits per heavy atom. The van der Waals surface area contributed by atoms with E-state index in [1.807, 2.05) is 45.9 Å². The first-order valence-corrected chi connectivity index (χ1v) is 12.2. The molecule has 34 heavy (non-hydrogen) atoms. The third-order valence-electron chi connectivity index (χ3n) is 5.68. The number of aromatic nitrogens is 2. The fraction of sp³-hybridized carbons (Fsp3) is 0.385. The second-order valence-corrected chi connectivity index (χ2v) is 9.56. The number of carbonyl (C=O) groups excluding carboxylic acids is 2. The number of ketones is 1. The third-order valence-corrected chi connectivity index (χ3v) is 6.77. The summed E-state index contributed by atoms with van der Waals surface area (Å²) in [5.74, 6) is -0.241. The molecule has 1 atom stereocenters. The second kappa shape index (κ2) is 11.4. The van der Waals surface area contributed by atoms with E-state index in [0.717, 1.165) is 17.5 Å². The number of aryl methyl sites for hydroxylation is 2. The standard InChI is InChI=1S/C26H31N3O4S/c1-6-11-27-24(31)20-9-10-21-22(15-20)28-26(29(25(21)32)12-13-33-5)34-18(4)23(30)19-8-7-16(2)17(3)14-19/h7-10,14-15,18H,6,11-13H2,1-5H3,(H,27,31)/t18-/m1/s1. The zero-order chi connectivity index (χ0) is 24.8. The molecule has 0 saturated heterocycles. The molecule has 1 amide bonds. The van der Waals surface area contributed by atoms with Crippen LogP contribution in [0.3, 0.4) is 0 Å². The van der Waals surface area contributed by atoms with E-state index in [1.54, 1.807) is 25.3 Å². The topological polar surface area (TPSA) is 90.3 Å². The van der Waals surface area contributed by atoms with E-state index in [2.05, 4.69) is 5.32 Å². The Balaban J connectivity index is 2.00. The quantitative estimate of drug-likeness (QED) is 0.266. The number of hydrogen-bond acceptors (Lipinski definition) is 6. The Hall–Kier alpha value is -2.97. The van der Waals surface area contributed by atoms with Crippen LogP contribution >= 0.6 is 11.8 Å². The van der Waals surface area contributed by atoms with Crippen LogP contribution in [0.15, 0.2) is 46.3 Å². The predicted molar refractivity (Wildman–Crippen MR) is 136 cm³/mol. The molecule has 2 aromatic carbocycles. The molecule has 1 aromatic heterocycles. The van der Waals surface area contributed by atoms with Gasteiger partial charge in [0, 0.05) is 24.8 Å². The molecule has 0 fully saturated rings. The van der Waals surface area contributed by atoms with E-state index in [0.29, 0.717) is 46.9 Å². The molecule has 0 unspecified atom stereocenters. The number of benzene rings is 2. The van der Waals surface area contributed by atoms with Gasteiger partial charge in [0.1, 0.15) is 0 Å². The molecule has 0 radical (unpaired) electrons. The molecule has 0 bridgehead atoms. The Labute approximate surface area is 203 Å². The molecule has 0 aliphatic rings. The van der Waals surface area contributed by atoms with Gasteiger partial charge >= 0.3 is 0 Å². The molecule has 3 rings (SSSR count). The normalized spacial score (nSPS) is 12.0. The van der Waals surface area contributed by atoms with Crippen molar-refractivity contribution in [2.75, 3.05) is 20.3 Å². The van der Waals surface area contributed by atoms with Crippen LogP contribution in [-0.4, -0.2) is 46.8 Å². The van der Waals surface area contributed by atoms with E-state index in [-0.39, 0.29) is 17.2 Å². The van der Waals surface area contributed by atoms with Crippen LogP contribution in [0.5, 0.6) is 0 Å². The minimum atomic E-state index is -0.462. The number of nitrogens with zero attached hydrogens (tertiary/aromatic N) is 2. The molecule has 0 aliphatic carbocycles. The lowest BCUT2D eigenvalue weighted by molar-refractivity contribution is 0.0952. The van der Waals surface area contributed by atoms with Gasteiger partial charge in [0.05, 0.1) is 29.3 Å². The van der Waals surface area contributed by atoms with Crippen molar-refractivity contribution in [2.45, 2.75) is 51.1 Å². The predicted octanol–water partition coefficient (Wildman–Crippen LogP) is 4.16. The van der Waals surface area contributed by atoms with Crippen LogP contribution in [0.4, 0.5) is 0 Å². The molecule has 0 spiro atoms. The monoisotopic (exact) mass is 481 g/mol. The van der Waals surface area contributed by atoms with Gasteiger partial charge < -0.3 is 10.1 Å². The summed E-state index contributed by atoms with van der Waals surface area (Å²) in [4.78, 5) is 43.5. The molecule has 7 nitrogen and oxygen atoms in total. The summed E-state index contributed by atoms with van der Waals surface area (Å²) < 4.78 is 6.72. The molecular weight excluding hydrogens is 450 g/mol. The maximum atomic E-state index is 13.3. The van der Waals surface area contributed by atoms with Gasteiger partial charge in [0.2, 0.25) is 0 Å². The molecule has 180 valence electrons. The summed E-state index contributed by atoms with van der Waals surface area (Å²) in [7, 11) is 1.57. The summed E-state index contributed by atoms with van der Waals surface area (Å²) in [6, 6.07) is 10.6. The molecule has 3 aromatic rings. The van der Waals surface area contributed by atoms with E-state index in [9.17, 15) is 14.4 Å². The number of thioether (sulfide) groups is 1. The molecule has 8 heteroatoms. The number of hydrogen-bond donors (Lipinski definition) is 1. The van der Waals surface area contributed by atoms with Gasteiger partial charge in [-0.3, -0.25) is 19.0 Å². The number of methoxy groups -OCH3 is 1. The minimum Gasteiger partial charge on any atom is -0.383 e. The molecule has 1 N–H and O–H groups in total. The van der Waals surface area contributed by atoms with Crippen molar-refractivity contribution in [3.8, 4) is 0 Å². The number of ether oxygens (including phenoxy) is 1. The Kier molecular flexibility index (Phi) is 8.63. The lowest BCUT2D eigenvalue weighted by Gasteiger charge is -2.16. The lowest BCUT2D eigenvalue weighted by atomic mass is 10.0. The zero-order valence-corrected chi connectivity index (χ0v) is 21.1. The van der Waals surface area contributed by atoms with E-state index < -0.39 is 5.25 Å². The van der Waals surface area contributed by atoms with Crippen molar-refractivity contribution in [2.24, 2.45) is 0 Å². The molecule has 0 saturated carbocycles. The van der Waals surface area contributed by atoms with Gasteiger partial charge in [-0.2, -0.15) is 0 Å². The zero-order valence-electron chi connectivity index (χ0n) is 20.3. The first kappa shape index (κ1) is 25.6. The maximum Gasteiger partial charge on any atom is 0.262 e. The highest BCUT2D eigenvalue weighted by molar-refractivity contribution is 8.00. The SMILES string of the molecule is CCCNC(=O)c1ccc2c(=O)n(CCOC)c(S[C@H](C)C(=O)c3ccc(C)c(C)c3)nc2c1. The fourth-order valence-corrected chi connectivity index (χ4v) is 4.51. The highest BCUT2D eigenvalue weighted by atomic mass is 32.2. The Morgan fingerprint density at radius 1 is 1.12 bits per heavy atom. The molecular formula is C26H31N3O4S. The van der Waals surface area contributed by atoms with Crippen molar-refractivity contribution in [1.29, 1.82) is 0 Å². The van der Waals surface area contributed by atoms with Gasteiger partial charge in [-0.1, -0.05) is 30.8 Å². The summed E-state index contributed by atoms with van der Waals surface area (Å²) in [5.41, 5.74) is 3.45. The number of nitrogens with one attached hydrogen (secondary N) is 1. The second-order valence-electron chi connectivity index (χ2n) is 8.26. The first-order valence-electron chi connectivity index (χ1n) is 11.4. The average Bonchev–Trinajstić information content (AvgIpc) is 2.83. The molecule has 0 aliphatic heterocycles. The highest BCUT2D eigenvalue weighted by Crippen LogP contribution is 2.26. The Morgan fingerprint density at radius 3 is 2.53 bits per heavy atom. The number of carbonyl (C=O) groups is 2. The minimum absolute atomic E-state index is 0.0339. The Bertz CT molecular complexity index is 1270. The van der Waals surface area contributed by atoms with Crippen molar-refractivity contribution in [3.63, 3.8) is 0 Å². The number of fused-ring (bicyclic) bond motifs is 1. The van der Waals surface area contributed by atoms with Crippen LogP contribution in [0, 0.1) is 13.8 Å². The lowest BCUT2D eigenvalue weighted by Crippen LogP contribution is -2.27. The van der Waals surface area contributed by atoms with Crippen molar-refractivity contribution >= 4 is 34.4 Å². The average molecular weight is 482 g/mol. The van der Waals surface area contributed by atoms with Gasteiger partial charge in [-0.15, -0.1) is 0 Å². The van der Waals surface area contributed by atoms with E-state index >= 15 is 0 Å².